The quantitative estimate of drug-likeness (QED) is 0.547. The van der Waals surface area contributed by atoms with Crippen molar-refractivity contribution < 1.29 is 4.74 Å². The number of benzene rings is 1. The maximum absolute atomic E-state index is 9.38. The topological polar surface area (TPSA) is 61.5 Å². The number of halogens is 1. The molecule has 2 aromatic rings. The van der Waals surface area contributed by atoms with Crippen molar-refractivity contribution in [2.75, 3.05) is 14.1 Å². The second-order valence-electron chi connectivity index (χ2n) is 5.88. The molecular weight excluding hydrogens is 344 g/mol. The van der Waals surface area contributed by atoms with Gasteiger partial charge in [0.25, 0.3) is 0 Å². The number of aryl methyl sites for hydroxylation is 1. The normalized spacial score (nSPS) is 11.1. The maximum Gasteiger partial charge on any atom is 0.218 e. The minimum atomic E-state index is 0.160. The smallest absolute Gasteiger partial charge is 0.218 e. The van der Waals surface area contributed by atoms with Crippen molar-refractivity contribution in [3.63, 3.8) is 0 Å². The van der Waals surface area contributed by atoms with E-state index in [0.717, 1.165) is 16.9 Å². The monoisotopic (exact) mass is 362 g/mol. The number of aromatic nitrogens is 1. The van der Waals surface area contributed by atoms with Gasteiger partial charge in [0.1, 0.15) is 17.4 Å². The number of ether oxygens (including phenoxy) is 1. The average molecular weight is 363 g/mol. The Balaban J connectivity index is 2.35. The van der Waals surface area contributed by atoms with Gasteiger partial charge >= 0.3 is 0 Å². The van der Waals surface area contributed by atoms with Crippen LogP contribution in [0.4, 0.5) is 5.69 Å². The highest BCUT2D eigenvalue weighted by Gasteiger charge is 2.19. The summed E-state index contributed by atoms with van der Waals surface area (Å²) in [5.74, 6) is 0.654. The molecule has 0 aliphatic heterocycles. The van der Waals surface area contributed by atoms with Crippen LogP contribution in [-0.2, 0) is 0 Å². The molecule has 0 unspecified atom stereocenters. The molecule has 0 aliphatic carbocycles. The molecular formula is C17H19ClN4OS. The summed E-state index contributed by atoms with van der Waals surface area (Å²) in [6, 6.07) is 5.75. The molecule has 1 heterocycles. The van der Waals surface area contributed by atoms with Gasteiger partial charge in [0, 0.05) is 25.6 Å². The molecule has 2 rings (SSSR count). The van der Waals surface area contributed by atoms with Crippen LogP contribution in [0.25, 0.3) is 0 Å². The Morgan fingerprint density at radius 1 is 1.42 bits per heavy atom. The minimum absolute atomic E-state index is 0.160. The van der Waals surface area contributed by atoms with E-state index in [0.29, 0.717) is 21.4 Å². The van der Waals surface area contributed by atoms with Crippen LogP contribution in [0.2, 0.25) is 5.02 Å². The van der Waals surface area contributed by atoms with Crippen molar-refractivity contribution in [2.24, 2.45) is 4.99 Å². The molecule has 1 aromatic carbocycles. The highest BCUT2D eigenvalue weighted by molar-refractivity contribution is 7.08. The highest BCUT2D eigenvalue weighted by Crippen LogP contribution is 2.39. The number of nitrogens with zero attached hydrogens (tertiary/aromatic N) is 4. The first-order chi connectivity index (χ1) is 11.3. The molecule has 0 amide bonds. The van der Waals surface area contributed by atoms with E-state index in [1.54, 1.807) is 12.4 Å². The number of nitriles is 1. The van der Waals surface area contributed by atoms with E-state index in [9.17, 15) is 5.26 Å². The Morgan fingerprint density at radius 3 is 2.71 bits per heavy atom. The van der Waals surface area contributed by atoms with Gasteiger partial charge in [-0.15, -0.1) is 0 Å². The van der Waals surface area contributed by atoms with Crippen molar-refractivity contribution in [2.45, 2.75) is 26.7 Å². The van der Waals surface area contributed by atoms with Crippen LogP contribution in [0, 0.1) is 18.3 Å². The lowest BCUT2D eigenvalue weighted by Crippen LogP contribution is -2.07. The Bertz CT molecular complexity index is 806. The molecule has 126 valence electrons. The maximum atomic E-state index is 9.38. The molecule has 0 N–H and O–H groups in total. The molecule has 0 spiro atoms. The van der Waals surface area contributed by atoms with Crippen molar-refractivity contribution in [1.29, 1.82) is 5.26 Å². The molecule has 7 heteroatoms. The summed E-state index contributed by atoms with van der Waals surface area (Å²) in [7, 11) is 3.80. The van der Waals surface area contributed by atoms with E-state index >= 15 is 0 Å². The number of rotatable bonds is 5. The molecule has 0 atom stereocenters. The second kappa shape index (κ2) is 7.65. The van der Waals surface area contributed by atoms with Crippen LogP contribution >= 0.6 is 23.1 Å². The van der Waals surface area contributed by atoms with Crippen LogP contribution in [-0.4, -0.2) is 29.7 Å². The predicted octanol–water partition coefficient (Wildman–Crippen LogP) is 5.11. The van der Waals surface area contributed by atoms with Gasteiger partial charge in [0.05, 0.1) is 22.7 Å². The zero-order chi connectivity index (χ0) is 17.9. The molecule has 1 aromatic heterocycles. The Hall–Kier alpha value is -2.10. The predicted molar refractivity (Wildman–Crippen MR) is 99.0 cm³/mol. The lowest BCUT2D eigenvalue weighted by atomic mass is 10.1. The number of hydrogen-bond donors (Lipinski definition) is 0. The summed E-state index contributed by atoms with van der Waals surface area (Å²) in [6.45, 7) is 5.92. The third-order valence-electron chi connectivity index (χ3n) is 3.23. The first-order valence-electron chi connectivity index (χ1n) is 7.41. The number of aliphatic imine (C=N–C) groups is 1. The lowest BCUT2D eigenvalue weighted by Gasteiger charge is -2.10. The van der Waals surface area contributed by atoms with Gasteiger partial charge < -0.3 is 9.64 Å². The molecule has 5 nitrogen and oxygen atoms in total. The summed E-state index contributed by atoms with van der Waals surface area (Å²) in [4.78, 5) is 6.22. The number of hydrogen-bond acceptors (Lipinski definition) is 5. The molecule has 0 radical (unpaired) electrons. The Morgan fingerprint density at radius 2 is 2.12 bits per heavy atom. The van der Waals surface area contributed by atoms with Crippen molar-refractivity contribution >= 4 is 35.2 Å². The highest BCUT2D eigenvalue weighted by atomic mass is 35.5. The van der Waals surface area contributed by atoms with Gasteiger partial charge in [-0.2, -0.15) is 9.64 Å². The van der Waals surface area contributed by atoms with Gasteiger partial charge in [-0.3, -0.25) is 0 Å². The van der Waals surface area contributed by atoms with E-state index < -0.39 is 0 Å². The SMILES string of the molecule is Cc1cc(Oc2snc(C(C)C)c2C#N)c(Cl)cc1/N=C\N(C)C. The average Bonchev–Trinajstić information content (AvgIpc) is 2.92. The fourth-order valence-electron chi connectivity index (χ4n) is 1.99. The second-order valence-corrected chi connectivity index (χ2v) is 7.02. The third kappa shape index (κ3) is 4.05. The molecule has 0 bridgehead atoms. The summed E-state index contributed by atoms with van der Waals surface area (Å²) in [5.41, 5.74) is 2.92. The van der Waals surface area contributed by atoms with Gasteiger partial charge in [-0.05, 0) is 30.5 Å². The van der Waals surface area contributed by atoms with Crippen molar-refractivity contribution in [1.82, 2.24) is 9.27 Å². The van der Waals surface area contributed by atoms with Gasteiger partial charge in [0.2, 0.25) is 5.06 Å². The molecule has 0 fully saturated rings. The molecule has 0 aliphatic rings. The van der Waals surface area contributed by atoms with Crippen LogP contribution in [0.15, 0.2) is 17.1 Å². The lowest BCUT2D eigenvalue weighted by molar-refractivity contribution is 0.494. The third-order valence-corrected chi connectivity index (χ3v) is 4.26. The Kier molecular flexibility index (Phi) is 5.81. The van der Waals surface area contributed by atoms with Gasteiger partial charge in [-0.1, -0.05) is 25.4 Å². The van der Waals surface area contributed by atoms with E-state index in [4.69, 9.17) is 16.3 Å². The van der Waals surface area contributed by atoms with Crippen LogP contribution < -0.4 is 4.74 Å². The molecule has 24 heavy (non-hydrogen) atoms. The fraction of sp³-hybridized carbons (Fsp3) is 0.353. The summed E-state index contributed by atoms with van der Waals surface area (Å²) in [5, 5.41) is 10.3. The van der Waals surface area contributed by atoms with E-state index in [1.165, 1.54) is 11.5 Å². The summed E-state index contributed by atoms with van der Waals surface area (Å²) < 4.78 is 10.2. The largest absolute Gasteiger partial charge is 0.442 e. The Labute approximate surface area is 151 Å². The zero-order valence-electron chi connectivity index (χ0n) is 14.3. The molecule has 0 saturated carbocycles. The van der Waals surface area contributed by atoms with E-state index in [-0.39, 0.29) is 5.92 Å². The molecule has 0 saturated heterocycles. The van der Waals surface area contributed by atoms with Gasteiger partial charge in [-0.25, -0.2) is 4.99 Å². The standard InChI is InChI=1S/C17H19ClN4OS/c1-10(2)16-12(8-19)17(24-21-16)23-15-6-11(3)14(7-13(15)18)20-9-22(4)5/h6-7,9-10H,1-5H3/b20-9-. The van der Waals surface area contributed by atoms with Gasteiger partial charge in [0.15, 0.2) is 0 Å². The van der Waals surface area contributed by atoms with Crippen LogP contribution in [0.5, 0.6) is 10.8 Å². The first-order valence-corrected chi connectivity index (χ1v) is 8.57. The van der Waals surface area contributed by atoms with E-state index in [1.807, 2.05) is 45.8 Å². The minimum Gasteiger partial charge on any atom is -0.442 e. The van der Waals surface area contributed by atoms with Crippen LogP contribution in [0.3, 0.4) is 0 Å². The fourth-order valence-corrected chi connectivity index (χ4v) is 3.04. The summed E-state index contributed by atoms with van der Waals surface area (Å²) in [6.07, 6.45) is 1.71. The van der Waals surface area contributed by atoms with Crippen molar-refractivity contribution in [3.8, 4) is 16.9 Å². The van der Waals surface area contributed by atoms with Crippen LogP contribution in [0.1, 0.15) is 36.6 Å². The van der Waals surface area contributed by atoms with E-state index in [2.05, 4.69) is 15.4 Å². The zero-order valence-corrected chi connectivity index (χ0v) is 15.9. The van der Waals surface area contributed by atoms with Crippen molar-refractivity contribution in [3.05, 3.63) is 34.0 Å². The summed E-state index contributed by atoms with van der Waals surface area (Å²) >= 11 is 7.49. The first kappa shape index (κ1) is 18.2.